The number of aliphatic hydroxyl groups is 1. The third kappa shape index (κ3) is 3.26. The molecule has 2 aromatic heterocycles. The van der Waals surface area contributed by atoms with Gasteiger partial charge in [-0.25, -0.2) is 9.78 Å². The zero-order valence-corrected chi connectivity index (χ0v) is 16.1. The molecule has 2 N–H and O–H groups in total. The number of hydrogen-bond donors (Lipinski definition) is 2. The number of nitrogens with one attached hydrogen (secondary N) is 1. The van der Waals surface area contributed by atoms with Crippen LogP contribution in [-0.2, 0) is 4.74 Å². The van der Waals surface area contributed by atoms with Crippen LogP contribution in [0.5, 0.6) is 0 Å². The van der Waals surface area contributed by atoms with Crippen LogP contribution in [-0.4, -0.2) is 72.6 Å². The number of aliphatic hydroxyl groups excluding tert-OH is 1. The summed E-state index contributed by atoms with van der Waals surface area (Å²) in [4.78, 5) is 28.3. The van der Waals surface area contributed by atoms with Crippen molar-refractivity contribution in [3.05, 3.63) is 36.7 Å². The maximum Gasteiger partial charge on any atom is 0.327 e. The van der Waals surface area contributed by atoms with E-state index in [0.717, 1.165) is 31.0 Å². The molecule has 0 aromatic carbocycles. The van der Waals surface area contributed by atoms with E-state index in [0.29, 0.717) is 31.3 Å². The van der Waals surface area contributed by atoms with Crippen LogP contribution in [0.25, 0.3) is 0 Å². The van der Waals surface area contributed by atoms with Crippen LogP contribution in [0.1, 0.15) is 6.42 Å². The molecule has 2 bridgehead atoms. The largest absolute Gasteiger partial charge is 0.394 e. The van der Waals surface area contributed by atoms with Crippen LogP contribution >= 0.6 is 0 Å². The Balaban J connectivity index is 1.49. The number of ether oxygens (including phenoxy) is 1. The molecule has 9 nitrogen and oxygen atoms in total. The molecule has 2 aromatic rings. The molecule has 0 aliphatic carbocycles. The summed E-state index contributed by atoms with van der Waals surface area (Å²) < 4.78 is 5.49. The smallest absolute Gasteiger partial charge is 0.327 e. The van der Waals surface area contributed by atoms with Crippen LogP contribution in [0.3, 0.4) is 0 Å². The van der Waals surface area contributed by atoms with Gasteiger partial charge in [-0.15, -0.1) is 0 Å². The minimum absolute atomic E-state index is 0.00127. The van der Waals surface area contributed by atoms with Gasteiger partial charge in [0, 0.05) is 25.8 Å². The van der Waals surface area contributed by atoms with Gasteiger partial charge in [-0.1, -0.05) is 0 Å². The first-order valence-electron chi connectivity index (χ1n) is 9.96. The molecular formula is C20H24N6O3. The summed E-state index contributed by atoms with van der Waals surface area (Å²) >= 11 is 0. The maximum absolute atomic E-state index is 13.2. The topological polar surface area (TPSA) is 94.1 Å². The van der Waals surface area contributed by atoms with Gasteiger partial charge < -0.3 is 25.0 Å². The molecule has 152 valence electrons. The number of pyridine rings is 2. The summed E-state index contributed by atoms with van der Waals surface area (Å²) in [5, 5.41) is 12.7. The summed E-state index contributed by atoms with van der Waals surface area (Å²) in [6.45, 7) is 3.44. The van der Waals surface area contributed by atoms with Gasteiger partial charge in [-0.05, 0) is 30.7 Å². The highest BCUT2D eigenvalue weighted by atomic mass is 16.5. The van der Waals surface area contributed by atoms with Crippen molar-refractivity contribution in [1.29, 1.82) is 0 Å². The highest BCUT2D eigenvalue weighted by Gasteiger charge is 2.40. The molecule has 5 heterocycles. The second-order valence-electron chi connectivity index (χ2n) is 7.55. The van der Waals surface area contributed by atoms with E-state index in [2.05, 4.69) is 20.1 Å². The maximum atomic E-state index is 13.2. The molecule has 1 unspecified atom stereocenters. The molecule has 9 heteroatoms. The van der Waals surface area contributed by atoms with Gasteiger partial charge in [0.2, 0.25) is 0 Å². The SMILES string of the molecule is O=C(Nc1cccnc1)N1c2nc(N3CCOCC3CO)ccc2N2CC[C@H]1C2. The molecular weight excluding hydrogens is 372 g/mol. The lowest BCUT2D eigenvalue weighted by molar-refractivity contribution is 0.0723. The Morgan fingerprint density at radius 1 is 1.31 bits per heavy atom. The number of nitrogens with zero attached hydrogens (tertiary/aromatic N) is 5. The Morgan fingerprint density at radius 3 is 3.07 bits per heavy atom. The average molecular weight is 396 g/mol. The molecule has 0 saturated carbocycles. The van der Waals surface area contributed by atoms with E-state index < -0.39 is 0 Å². The van der Waals surface area contributed by atoms with Gasteiger partial charge in [0.1, 0.15) is 5.82 Å². The number of rotatable bonds is 3. The van der Waals surface area contributed by atoms with E-state index in [1.807, 2.05) is 18.2 Å². The number of aromatic nitrogens is 2. The standard InChI is InChI=1S/C20H24N6O3/c27-12-16-13-29-9-8-25(16)18-4-3-17-19(23-18)26(15-5-7-24(17)11-15)20(28)22-14-2-1-6-21-10-14/h1-4,6,10,15-16,27H,5,7-9,11-13H2,(H,22,28)/t15-,16?/m0/s1. The minimum atomic E-state index is -0.198. The van der Waals surface area contributed by atoms with Gasteiger partial charge in [-0.3, -0.25) is 9.88 Å². The summed E-state index contributed by atoms with van der Waals surface area (Å²) in [6.07, 6.45) is 4.21. The van der Waals surface area contributed by atoms with E-state index in [-0.39, 0.29) is 24.7 Å². The van der Waals surface area contributed by atoms with Gasteiger partial charge in [0.05, 0.1) is 49.5 Å². The van der Waals surface area contributed by atoms with Crippen molar-refractivity contribution in [3.63, 3.8) is 0 Å². The van der Waals surface area contributed by atoms with Crippen LogP contribution in [0.4, 0.5) is 27.8 Å². The lowest BCUT2D eigenvalue weighted by Gasteiger charge is -2.39. The molecule has 2 amide bonds. The van der Waals surface area contributed by atoms with Crippen molar-refractivity contribution in [2.75, 3.05) is 59.5 Å². The third-order valence-electron chi connectivity index (χ3n) is 5.80. The summed E-state index contributed by atoms with van der Waals surface area (Å²) in [5.41, 5.74) is 1.63. The van der Waals surface area contributed by atoms with Crippen molar-refractivity contribution >= 4 is 29.0 Å². The lowest BCUT2D eigenvalue weighted by Crippen LogP contribution is -2.50. The molecule has 3 aliphatic heterocycles. The quantitative estimate of drug-likeness (QED) is 0.808. The van der Waals surface area contributed by atoms with E-state index >= 15 is 0 Å². The van der Waals surface area contributed by atoms with Gasteiger partial charge >= 0.3 is 6.03 Å². The molecule has 5 rings (SSSR count). The first kappa shape index (κ1) is 18.1. The Labute approximate surface area is 168 Å². The van der Waals surface area contributed by atoms with Crippen LogP contribution in [0.2, 0.25) is 0 Å². The number of carbonyl (C=O) groups is 1. The number of anilines is 4. The summed E-state index contributed by atoms with van der Waals surface area (Å²) in [5.74, 6) is 1.42. The number of morpholine rings is 1. The number of amides is 2. The van der Waals surface area contributed by atoms with Gasteiger partial charge in [-0.2, -0.15) is 0 Å². The average Bonchev–Trinajstić information content (AvgIpc) is 3.18. The minimum Gasteiger partial charge on any atom is -0.394 e. The Bertz CT molecular complexity index is 895. The second kappa shape index (κ2) is 7.49. The highest BCUT2D eigenvalue weighted by molar-refractivity contribution is 6.04. The number of carbonyl (C=O) groups excluding carboxylic acids is 1. The van der Waals surface area contributed by atoms with E-state index in [9.17, 15) is 9.90 Å². The molecule has 3 aliphatic rings. The molecule has 2 fully saturated rings. The van der Waals surface area contributed by atoms with E-state index in [1.165, 1.54) is 0 Å². The highest BCUT2D eigenvalue weighted by Crippen LogP contribution is 2.40. The van der Waals surface area contributed by atoms with Crippen molar-refractivity contribution in [2.45, 2.75) is 18.5 Å². The first-order chi connectivity index (χ1) is 14.2. The zero-order valence-electron chi connectivity index (χ0n) is 16.1. The fourth-order valence-electron chi connectivity index (χ4n) is 4.35. The number of urea groups is 1. The lowest BCUT2D eigenvalue weighted by atomic mass is 10.1. The molecule has 0 radical (unpaired) electrons. The van der Waals surface area contributed by atoms with Crippen molar-refractivity contribution in [3.8, 4) is 0 Å². The first-order valence-corrected chi connectivity index (χ1v) is 9.96. The number of fused-ring (bicyclic) bond motifs is 4. The van der Waals surface area contributed by atoms with Crippen molar-refractivity contribution in [1.82, 2.24) is 9.97 Å². The fourth-order valence-corrected chi connectivity index (χ4v) is 4.35. The number of hydrogen-bond acceptors (Lipinski definition) is 7. The molecule has 2 saturated heterocycles. The Morgan fingerprint density at radius 2 is 2.24 bits per heavy atom. The molecule has 29 heavy (non-hydrogen) atoms. The van der Waals surface area contributed by atoms with Gasteiger partial charge in [0.15, 0.2) is 5.82 Å². The monoisotopic (exact) mass is 396 g/mol. The zero-order chi connectivity index (χ0) is 19.8. The second-order valence-corrected chi connectivity index (χ2v) is 7.55. The van der Waals surface area contributed by atoms with E-state index in [4.69, 9.17) is 9.72 Å². The predicted molar refractivity (Wildman–Crippen MR) is 110 cm³/mol. The van der Waals surface area contributed by atoms with Gasteiger partial charge in [0.25, 0.3) is 0 Å². The fraction of sp³-hybridized carbons (Fsp3) is 0.450. The van der Waals surface area contributed by atoms with Crippen LogP contribution in [0.15, 0.2) is 36.7 Å². The predicted octanol–water partition coefficient (Wildman–Crippen LogP) is 1.30. The van der Waals surface area contributed by atoms with Crippen LogP contribution in [0, 0.1) is 0 Å². The summed E-state index contributed by atoms with van der Waals surface area (Å²) in [6, 6.07) is 7.38. The molecule has 2 atom stereocenters. The van der Waals surface area contributed by atoms with Crippen molar-refractivity contribution in [2.24, 2.45) is 0 Å². The molecule has 0 spiro atoms. The normalized spacial score (nSPS) is 23.1. The Hall–Kier alpha value is -2.91. The van der Waals surface area contributed by atoms with E-state index in [1.54, 1.807) is 23.4 Å². The third-order valence-corrected chi connectivity index (χ3v) is 5.80. The summed E-state index contributed by atoms with van der Waals surface area (Å²) in [7, 11) is 0. The van der Waals surface area contributed by atoms with Crippen LogP contribution < -0.4 is 20.0 Å². The Kier molecular flexibility index (Phi) is 4.69. The van der Waals surface area contributed by atoms with Crippen molar-refractivity contribution < 1.29 is 14.6 Å².